The number of hydrogen-bond acceptors (Lipinski definition) is 4. The molecule has 1 aliphatic carbocycles. The summed E-state index contributed by atoms with van der Waals surface area (Å²) in [7, 11) is 1.73. The van der Waals surface area contributed by atoms with E-state index >= 15 is 0 Å². The van der Waals surface area contributed by atoms with Gasteiger partial charge in [-0.05, 0) is 78.3 Å². The molecular weight excluding hydrogens is 484 g/mol. The lowest BCUT2D eigenvalue weighted by Crippen LogP contribution is -2.08. The Kier molecular flexibility index (Phi) is 10.8. The minimum Gasteiger partial charge on any atom is -0.501 e. The van der Waals surface area contributed by atoms with Gasteiger partial charge in [-0.15, -0.1) is 0 Å². The summed E-state index contributed by atoms with van der Waals surface area (Å²) in [5.41, 5.74) is 6.64. The Morgan fingerprint density at radius 2 is 1.54 bits per heavy atom. The van der Waals surface area contributed by atoms with Gasteiger partial charge in [-0.1, -0.05) is 79.9 Å². The van der Waals surface area contributed by atoms with Crippen LogP contribution in [0.1, 0.15) is 66.9 Å². The van der Waals surface area contributed by atoms with Gasteiger partial charge in [-0.2, -0.15) is 0 Å². The second-order valence-electron chi connectivity index (χ2n) is 10.0. The number of hydrogen-bond donors (Lipinski definition) is 0. The standard InChI is InChI=1S/C35H40O4/c1-3-4-5-24-38-34-8-6-7-32(26-34)30-17-19-31(20-18-30)35(36)39-25-23-29-13-11-27(12-14-29)9-10-28-15-21-33(37-2)22-16-28/h6-8,11-15,17-21,26H,3-5,9-10,16,22-25H2,1-2H3. The van der Waals surface area contributed by atoms with Crippen molar-refractivity contribution < 1.29 is 19.0 Å². The molecule has 4 heteroatoms. The van der Waals surface area contributed by atoms with Crippen LogP contribution in [0.15, 0.2) is 96.3 Å². The monoisotopic (exact) mass is 524 g/mol. The van der Waals surface area contributed by atoms with Crippen molar-refractivity contribution in [2.75, 3.05) is 20.3 Å². The number of esters is 1. The molecule has 3 aromatic carbocycles. The maximum absolute atomic E-state index is 12.6. The second-order valence-corrected chi connectivity index (χ2v) is 10.0. The second kappa shape index (κ2) is 15.0. The van der Waals surface area contributed by atoms with E-state index in [0.717, 1.165) is 61.3 Å². The van der Waals surface area contributed by atoms with Gasteiger partial charge in [-0.3, -0.25) is 0 Å². The van der Waals surface area contributed by atoms with Crippen LogP contribution >= 0.6 is 0 Å². The van der Waals surface area contributed by atoms with Gasteiger partial charge in [0, 0.05) is 12.8 Å². The molecule has 204 valence electrons. The molecular formula is C35H40O4. The Labute approximate surface area is 233 Å². The van der Waals surface area contributed by atoms with Gasteiger partial charge >= 0.3 is 5.97 Å². The quantitative estimate of drug-likeness (QED) is 0.157. The van der Waals surface area contributed by atoms with Crippen LogP contribution in [0, 0.1) is 0 Å². The van der Waals surface area contributed by atoms with Crippen LogP contribution in [0.4, 0.5) is 0 Å². The average molecular weight is 525 g/mol. The predicted molar refractivity (Wildman–Crippen MR) is 158 cm³/mol. The zero-order chi connectivity index (χ0) is 27.3. The topological polar surface area (TPSA) is 44.8 Å². The minimum atomic E-state index is -0.294. The van der Waals surface area contributed by atoms with Crippen molar-refractivity contribution in [3.05, 3.63) is 113 Å². The molecule has 0 unspecified atom stereocenters. The molecule has 39 heavy (non-hydrogen) atoms. The average Bonchev–Trinajstić information content (AvgIpc) is 2.99. The molecule has 0 heterocycles. The fraction of sp³-hybridized carbons (Fsp3) is 0.343. The van der Waals surface area contributed by atoms with Crippen molar-refractivity contribution in [2.45, 2.75) is 58.3 Å². The van der Waals surface area contributed by atoms with Crippen molar-refractivity contribution in [3.63, 3.8) is 0 Å². The normalized spacial score (nSPS) is 12.9. The van der Waals surface area contributed by atoms with Crippen LogP contribution in [0.3, 0.4) is 0 Å². The summed E-state index contributed by atoms with van der Waals surface area (Å²) in [6.45, 7) is 3.28. The van der Waals surface area contributed by atoms with Gasteiger partial charge in [-0.25, -0.2) is 4.79 Å². The highest BCUT2D eigenvalue weighted by molar-refractivity contribution is 5.90. The summed E-state index contributed by atoms with van der Waals surface area (Å²) in [6, 6.07) is 24.3. The van der Waals surface area contributed by atoms with E-state index in [0.29, 0.717) is 18.6 Å². The van der Waals surface area contributed by atoms with E-state index in [2.05, 4.69) is 49.4 Å². The van der Waals surface area contributed by atoms with E-state index in [9.17, 15) is 4.79 Å². The van der Waals surface area contributed by atoms with Gasteiger partial charge in [0.2, 0.25) is 0 Å². The lowest BCUT2D eigenvalue weighted by molar-refractivity contribution is 0.0509. The molecule has 0 spiro atoms. The van der Waals surface area contributed by atoms with Crippen LogP contribution in [0.25, 0.3) is 11.1 Å². The molecule has 0 bridgehead atoms. The van der Waals surface area contributed by atoms with Crippen LogP contribution < -0.4 is 4.74 Å². The van der Waals surface area contributed by atoms with E-state index in [4.69, 9.17) is 14.2 Å². The summed E-state index contributed by atoms with van der Waals surface area (Å²) < 4.78 is 16.7. The zero-order valence-electron chi connectivity index (χ0n) is 23.3. The largest absolute Gasteiger partial charge is 0.501 e. The third kappa shape index (κ3) is 8.88. The predicted octanol–water partition coefficient (Wildman–Crippen LogP) is 8.51. The first kappa shape index (κ1) is 28.2. The number of methoxy groups -OCH3 is 1. The first-order valence-electron chi connectivity index (χ1n) is 14.2. The maximum Gasteiger partial charge on any atom is 0.338 e. The fourth-order valence-corrected chi connectivity index (χ4v) is 4.67. The first-order chi connectivity index (χ1) is 19.1. The third-order valence-electron chi connectivity index (χ3n) is 7.15. The van der Waals surface area contributed by atoms with Crippen LogP contribution in [-0.4, -0.2) is 26.3 Å². The van der Waals surface area contributed by atoms with Crippen molar-refractivity contribution in [1.29, 1.82) is 0 Å². The van der Waals surface area contributed by atoms with E-state index in [1.54, 1.807) is 7.11 Å². The number of allylic oxidation sites excluding steroid dienone is 4. The summed E-state index contributed by atoms with van der Waals surface area (Å²) in [4.78, 5) is 12.6. The SMILES string of the molecule is CCCCCOc1cccc(-c2ccc(C(=O)OCCc3ccc(CCC4=CC=C(OC)CC4)cc3)cc2)c1. The van der Waals surface area contributed by atoms with Crippen molar-refractivity contribution in [2.24, 2.45) is 0 Å². The molecule has 0 saturated heterocycles. The van der Waals surface area contributed by atoms with Gasteiger partial charge < -0.3 is 14.2 Å². The summed E-state index contributed by atoms with van der Waals surface area (Å²) >= 11 is 0. The van der Waals surface area contributed by atoms with Crippen LogP contribution in [0.5, 0.6) is 5.75 Å². The number of carbonyl (C=O) groups is 1. The number of unbranched alkanes of at least 4 members (excludes halogenated alkanes) is 2. The molecule has 0 aromatic heterocycles. The number of ether oxygens (including phenoxy) is 3. The smallest absolute Gasteiger partial charge is 0.338 e. The van der Waals surface area contributed by atoms with E-state index < -0.39 is 0 Å². The van der Waals surface area contributed by atoms with Gasteiger partial charge in [0.05, 0.1) is 31.6 Å². The number of benzene rings is 3. The molecule has 4 nitrogen and oxygen atoms in total. The zero-order valence-corrected chi connectivity index (χ0v) is 23.3. The Hall–Kier alpha value is -3.79. The molecule has 0 amide bonds. The molecule has 3 aromatic rings. The number of aryl methyl sites for hydroxylation is 1. The molecule has 0 fully saturated rings. The summed E-state index contributed by atoms with van der Waals surface area (Å²) in [5.74, 6) is 1.64. The van der Waals surface area contributed by atoms with Gasteiger partial charge in [0.1, 0.15) is 5.75 Å². The molecule has 4 rings (SSSR count). The highest BCUT2D eigenvalue weighted by atomic mass is 16.5. The molecule has 1 aliphatic rings. The third-order valence-corrected chi connectivity index (χ3v) is 7.15. The Morgan fingerprint density at radius 3 is 2.23 bits per heavy atom. The van der Waals surface area contributed by atoms with E-state index in [-0.39, 0.29) is 5.97 Å². The summed E-state index contributed by atoms with van der Waals surface area (Å²) in [5, 5.41) is 0. The molecule has 0 radical (unpaired) electrons. The number of carbonyl (C=O) groups excluding carboxylic acids is 1. The lowest BCUT2D eigenvalue weighted by atomic mass is 9.96. The highest BCUT2D eigenvalue weighted by Crippen LogP contribution is 2.25. The Bertz CT molecular complexity index is 1250. The fourth-order valence-electron chi connectivity index (χ4n) is 4.67. The van der Waals surface area contributed by atoms with Gasteiger partial charge in [0.15, 0.2) is 0 Å². The summed E-state index contributed by atoms with van der Waals surface area (Å²) in [6.07, 6.45) is 12.6. The molecule has 0 atom stereocenters. The van der Waals surface area contributed by atoms with E-state index in [1.165, 1.54) is 29.5 Å². The molecule has 0 aliphatic heterocycles. The Balaban J connectivity index is 1.21. The first-order valence-corrected chi connectivity index (χ1v) is 14.2. The Morgan fingerprint density at radius 1 is 0.769 bits per heavy atom. The van der Waals surface area contributed by atoms with Crippen LogP contribution in [0.2, 0.25) is 0 Å². The van der Waals surface area contributed by atoms with Crippen molar-refractivity contribution >= 4 is 5.97 Å². The maximum atomic E-state index is 12.6. The van der Waals surface area contributed by atoms with Crippen molar-refractivity contribution in [1.82, 2.24) is 0 Å². The highest BCUT2D eigenvalue weighted by Gasteiger charge is 2.09. The minimum absolute atomic E-state index is 0.294. The van der Waals surface area contributed by atoms with Gasteiger partial charge in [0.25, 0.3) is 0 Å². The lowest BCUT2D eigenvalue weighted by Gasteiger charge is -2.13. The molecule has 0 saturated carbocycles. The number of rotatable bonds is 14. The van der Waals surface area contributed by atoms with E-state index in [1.807, 2.05) is 42.5 Å². The molecule has 0 N–H and O–H groups in total. The van der Waals surface area contributed by atoms with Crippen LogP contribution in [-0.2, 0) is 22.3 Å². The van der Waals surface area contributed by atoms with Crippen molar-refractivity contribution in [3.8, 4) is 16.9 Å².